The Morgan fingerprint density at radius 2 is 1.84 bits per heavy atom. The van der Waals surface area contributed by atoms with E-state index in [4.69, 9.17) is 42.5 Å². The summed E-state index contributed by atoms with van der Waals surface area (Å²) in [5.41, 5.74) is 9.54. The summed E-state index contributed by atoms with van der Waals surface area (Å²) in [5, 5.41) is 23.8. The smallest absolute Gasteiger partial charge is 0.397 e. The van der Waals surface area contributed by atoms with E-state index in [0.29, 0.717) is 16.9 Å². The standard InChI is InChI=1S/C16H15ClN2O4S.C2H3F2NO2/c1-8(15(20)21)6-10-3-5-13(24-10)16(22)23-12-4-2-9(14(18)19)7-11(12)17;3-2(4,5)1(6)7/h2-5,7-8H,6H2,1H3,(H3,18,19)(H,20,21);5H2,(H,6,7). The summed E-state index contributed by atoms with van der Waals surface area (Å²) >= 11 is 7.21. The number of benzene rings is 1. The number of carboxylic acid groups (broad SMARTS) is 2. The molecule has 1 unspecified atom stereocenters. The molecule has 1 atom stereocenters. The summed E-state index contributed by atoms with van der Waals surface area (Å²) in [6.45, 7) is 1.61. The van der Waals surface area contributed by atoms with E-state index in [0.717, 1.165) is 4.88 Å². The van der Waals surface area contributed by atoms with Gasteiger partial charge in [-0.15, -0.1) is 11.3 Å². The number of nitrogens with one attached hydrogen (secondary N) is 1. The van der Waals surface area contributed by atoms with E-state index in [2.05, 4.69) is 5.73 Å². The minimum absolute atomic E-state index is 0.134. The van der Waals surface area contributed by atoms with E-state index < -0.39 is 29.9 Å². The third-order valence-electron chi connectivity index (χ3n) is 3.52. The zero-order valence-corrected chi connectivity index (χ0v) is 17.5. The van der Waals surface area contributed by atoms with Gasteiger partial charge in [-0.1, -0.05) is 18.5 Å². The molecule has 0 saturated heterocycles. The van der Waals surface area contributed by atoms with Crippen molar-refractivity contribution >= 4 is 46.7 Å². The van der Waals surface area contributed by atoms with E-state index >= 15 is 0 Å². The first kappa shape index (κ1) is 25.9. The summed E-state index contributed by atoms with van der Waals surface area (Å²) in [6, 6.07) is 3.67. The summed E-state index contributed by atoms with van der Waals surface area (Å²) in [7, 11) is 0. The lowest BCUT2D eigenvalue weighted by atomic mass is 10.1. The van der Waals surface area contributed by atoms with Gasteiger partial charge in [-0.05, 0) is 36.8 Å². The first-order valence-corrected chi connectivity index (χ1v) is 9.49. The lowest BCUT2D eigenvalue weighted by Gasteiger charge is -2.06. The average Bonchev–Trinajstić information content (AvgIpc) is 3.11. The Kier molecular flexibility index (Phi) is 9.03. The first-order valence-electron chi connectivity index (χ1n) is 8.30. The topological polar surface area (TPSA) is 177 Å². The highest BCUT2D eigenvalue weighted by atomic mass is 35.5. The Balaban J connectivity index is 0.000000592. The molecule has 0 radical (unpaired) electrons. The van der Waals surface area contributed by atoms with Gasteiger partial charge in [0.1, 0.15) is 16.5 Å². The van der Waals surface area contributed by atoms with Gasteiger partial charge in [-0.2, -0.15) is 8.78 Å². The Bertz CT molecular complexity index is 993. The number of carbonyl (C=O) groups excluding carboxylic acids is 1. The second kappa shape index (κ2) is 10.8. The van der Waals surface area contributed by atoms with E-state index in [1.165, 1.54) is 29.5 Å². The van der Waals surface area contributed by atoms with Crippen molar-refractivity contribution in [2.45, 2.75) is 19.4 Å². The number of hydrogen-bond donors (Lipinski definition) is 5. The van der Waals surface area contributed by atoms with Crippen LogP contribution >= 0.6 is 22.9 Å². The number of hydrogen-bond acceptors (Lipinski definition) is 7. The van der Waals surface area contributed by atoms with Gasteiger partial charge in [0, 0.05) is 10.4 Å². The molecule has 2 aromatic rings. The quantitative estimate of drug-likeness (QED) is 0.133. The highest BCUT2D eigenvalue weighted by molar-refractivity contribution is 7.13. The molecular weight excluding hydrogens is 460 g/mol. The normalized spacial score (nSPS) is 11.6. The molecule has 1 heterocycles. The number of aliphatic carboxylic acids is 2. The molecule has 0 aliphatic rings. The van der Waals surface area contributed by atoms with Gasteiger partial charge in [0.15, 0.2) is 0 Å². The van der Waals surface area contributed by atoms with Crippen LogP contribution in [0.15, 0.2) is 30.3 Å². The van der Waals surface area contributed by atoms with Crippen molar-refractivity contribution < 1.29 is 38.1 Å². The molecule has 0 saturated carbocycles. The highest BCUT2D eigenvalue weighted by Gasteiger charge is 2.32. The number of carboxylic acids is 2. The van der Waals surface area contributed by atoms with Crippen molar-refractivity contribution in [2.24, 2.45) is 17.4 Å². The van der Waals surface area contributed by atoms with Crippen LogP contribution in [-0.2, 0) is 16.0 Å². The molecular formula is C18H18ClF2N3O6S. The molecule has 2 rings (SSSR count). The predicted molar refractivity (Wildman–Crippen MR) is 109 cm³/mol. The third kappa shape index (κ3) is 8.28. The van der Waals surface area contributed by atoms with E-state index in [1.54, 1.807) is 19.1 Å². The number of rotatable bonds is 7. The SMILES string of the molecule is CC(Cc1ccc(C(=O)Oc2ccc(C(=N)N)cc2Cl)s1)C(=O)O.NC(F)(F)C(=O)O. The Labute approximate surface area is 183 Å². The van der Waals surface area contributed by atoms with Crippen LogP contribution in [0.2, 0.25) is 5.02 Å². The number of esters is 1. The molecule has 0 fully saturated rings. The molecule has 0 aliphatic heterocycles. The second-order valence-electron chi connectivity index (χ2n) is 6.09. The Morgan fingerprint density at radius 1 is 1.26 bits per heavy atom. The monoisotopic (exact) mass is 477 g/mol. The van der Waals surface area contributed by atoms with Crippen LogP contribution in [0.4, 0.5) is 8.78 Å². The predicted octanol–water partition coefficient (Wildman–Crippen LogP) is 2.79. The van der Waals surface area contributed by atoms with Crippen LogP contribution in [0.1, 0.15) is 27.0 Å². The highest BCUT2D eigenvalue weighted by Crippen LogP contribution is 2.28. The van der Waals surface area contributed by atoms with Gasteiger partial charge in [0.25, 0.3) is 0 Å². The number of nitrogens with two attached hydrogens (primary N) is 2. The van der Waals surface area contributed by atoms with Crippen LogP contribution < -0.4 is 16.2 Å². The number of amidine groups is 1. The fourth-order valence-corrected chi connectivity index (χ4v) is 3.12. The second-order valence-corrected chi connectivity index (χ2v) is 7.66. The van der Waals surface area contributed by atoms with E-state index in [1.807, 2.05) is 0 Å². The number of alkyl halides is 2. The van der Waals surface area contributed by atoms with E-state index in [9.17, 15) is 18.4 Å². The Hall–Kier alpha value is -3.09. The molecule has 0 spiro atoms. The van der Waals surface area contributed by atoms with Crippen molar-refractivity contribution in [2.75, 3.05) is 0 Å². The summed E-state index contributed by atoms with van der Waals surface area (Å²) in [6.07, 6.45) is 0.349. The van der Waals surface area contributed by atoms with E-state index in [-0.39, 0.29) is 16.6 Å². The van der Waals surface area contributed by atoms with Crippen molar-refractivity contribution in [1.29, 1.82) is 5.41 Å². The van der Waals surface area contributed by atoms with Crippen molar-refractivity contribution in [3.8, 4) is 5.75 Å². The molecule has 7 N–H and O–H groups in total. The molecule has 13 heteroatoms. The summed E-state index contributed by atoms with van der Waals surface area (Å²) < 4.78 is 27.3. The summed E-state index contributed by atoms with van der Waals surface area (Å²) in [5.74, 6) is -4.27. The third-order valence-corrected chi connectivity index (χ3v) is 4.91. The van der Waals surface area contributed by atoms with Gasteiger partial charge >= 0.3 is 24.0 Å². The number of nitrogen functional groups attached to an aromatic ring is 1. The molecule has 1 aromatic heterocycles. The molecule has 0 aliphatic carbocycles. The molecule has 31 heavy (non-hydrogen) atoms. The fraction of sp³-hybridized carbons (Fsp3) is 0.222. The summed E-state index contributed by atoms with van der Waals surface area (Å²) in [4.78, 5) is 33.3. The van der Waals surface area contributed by atoms with Gasteiger partial charge in [0.05, 0.1) is 10.9 Å². The minimum Gasteiger partial charge on any atom is -0.481 e. The largest absolute Gasteiger partial charge is 0.481 e. The molecule has 0 amide bonds. The lowest BCUT2D eigenvalue weighted by Crippen LogP contribution is -2.37. The molecule has 9 nitrogen and oxygen atoms in total. The Morgan fingerprint density at radius 3 is 2.29 bits per heavy atom. The van der Waals surface area contributed by atoms with Crippen molar-refractivity contribution in [3.63, 3.8) is 0 Å². The average molecular weight is 478 g/mol. The van der Waals surface area contributed by atoms with Crippen molar-refractivity contribution in [1.82, 2.24) is 0 Å². The zero-order valence-electron chi connectivity index (χ0n) is 15.9. The first-order chi connectivity index (χ1) is 14.2. The fourth-order valence-electron chi connectivity index (χ4n) is 1.89. The van der Waals surface area contributed by atoms with Crippen LogP contribution in [0.25, 0.3) is 0 Å². The molecule has 1 aromatic carbocycles. The maximum Gasteiger partial charge on any atom is 0.397 e. The maximum atomic E-state index is 12.2. The molecule has 168 valence electrons. The van der Waals surface area contributed by atoms with Gasteiger partial charge < -0.3 is 20.7 Å². The number of thiophene rings is 1. The van der Waals surface area contributed by atoms with Crippen LogP contribution in [-0.4, -0.2) is 40.0 Å². The van der Waals surface area contributed by atoms with Gasteiger partial charge in [0.2, 0.25) is 0 Å². The van der Waals surface area contributed by atoms with Crippen molar-refractivity contribution in [3.05, 3.63) is 50.7 Å². The number of halogens is 3. The van der Waals surface area contributed by atoms with Gasteiger partial charge in [-0.25, -0.2) is 9.59 Å². The molecule has 0 bridgehead atoms. The zero-order chi connectivity index (χ0) is 23.9. The van der Waals surface area contributed by atoms with Crippen LogP contribution in [0, 0.1) is 11.3 Å². The maximum absolute atomic E-state index is 12.2. The number of ether oxygens (including phenoxy) is 1. The lowest BCUT2D eigenvalue weighted by molar-refractivity contribution is -0.163. The number of carbonyl (C=O) groups is 3. The van der Waals surface area contributed by atoms with Crippen LogP contribution in [0.3, 0.4) is 0 Å². The van der Waals surface area contributed by atoms with Crippen LogP contribution in [0.5, 0.6) is 5.75 Å². The van der Waals surface area contributed by atoms with Gasteiger partial charge in [-0.3, -0.25) is 15.9 Å². The minimum atomic E-state index is -4.08.